The third-order valence-electron chi connectivity index (χ3n) is 12.4. The van der Waals surface area contributed by atoms with Crippen LogP contribution in [0.5, 0.6) is 11.5 Å². The largest absolute Gasteiger partial charge is 0.453 e. The van der Waals surface area contributed by atoms with Crippen molar-refractivity contribution in [2.45, 2.75) is 0 Å². The highest BCUT2D eigenvalue weighted by atomic mass is 32.1. The lowest BCUT2D eigenvalue weighted by atomic mass is 9.91. The fourth-order valence-electron chi connectivity index (χ4n) is 9.58. The highest BCUT2D eigenvalue weighted by molar-refractivity contribution is 7.26. The molecule has 0 saturated carbocycles. The second-order valence-corrected chi connectivity index (χ2v) is 18.0. The first kappa shape index (κ1) is 35.5. The Labute approximate surface area is 369 Å². The van der Waals surface area contributed by atoms with E-state index < -0.39 is 0 Å². The summed E-state index contributed by atoms with van der Waals surface area (Å²) in [4.78, 5) is 6.08. The molecule has 9 aromatic carbocycles. The summed E-state index contributed by atoms with van der Waals surface area (Å²) in [5.41, 5.74) is 11.2. The zero-order chi connectivity index (χ0) is 41.8. The summed E-state index contributed by atoms with van der Waals surface area (Å²) in [6, 6.07) is 66.3. The van der Waals surface area contributed by atoms with Gasteiger partial charge in [0.2, 0.25) is 5.69 Å². The normalized spacial score (nSPS) is 12.2. The average molecular weight is 839 g/mol. The summed E-state index contributed by atoms with van der Waals surface area (Å²) in [7, 11) is 0. The summed E-state index contributed by atoms with van der Waals surface area (Å²) in [6.07, 6.45) is 0. The quantitative estimate of drug-likeness (QED) is 0.166. The van der Waals surface area contributed by atoms with Gasteiger partial charge in [-0.15, -0.1) is 22.7 Å². The highest BCUT2D eigenvalue weighted by Gasteiger charge is 2.26. The Hall–Kier alpha value is -8.20. The number of anilines is 3. The molecule has 1 aliphatic heterocycles. The fourth-order valence-corrected chi connectivity index (χ4v) is 11.9. The number of hydrogen-bond acceptors (Lipinski definition) is 5. The van der Waals surface area contributed by atoms with Crippen LogP contribution in [0.4, 0.5) is 22.7 Å². The minimum atomic E-state index is 0.352. The summed E-state index contributed by atoms with van der Waals surface area (Å²) in [5, 5.41) is 17.5. The number of nitrogens with zero attached hydrogens (tertiary/aromatic N) is 4. The van der Waals surface area contributed by atoms with Crippen molar-refractivity contribution in [3.05, 3.63) is 199 Å². The van der Waals surface area contributed by atoms with Gasteiger partial charge in [-0.3, -0.25) is 0 Å². The zero-order valence-electron chi connectivity index (χ0n) is 33.3. The fraction of sp³-hybridized carbons (Fsp3) is 0. The van der Waals surface area contributed by atoms with Crippen LogP contribution in [0.25, 0.3) is 94.9 Å². The maximum atomic E-state index is 10.2. The molecule has 13 rings (SSSR count). The molecule has 0 bridgehead atoms. The lowest BCUT2D eigenvalue weighted by molar-refractivity contribution is 0.477. The van der Waals surface area contributed by atoms with Gasteiger partial charge >= 0.3 is 0 Å². The zero-order valence-corrected chi connectivity index (χ0v) is 35.0. The molecule has 63 heavy (non-hydrogen) atoms. The van der Waals surface area contributed by atoms with Crippen LogP contribution < -0.4 is 9.64 Å². The van der Waals surface area contributed by atoms with Gasteiger partial charge in [-0.2, -0.15) is 5.26 Å². The van der Waals surface area contributed by atoms with E-state index in [-0.39, 0.29) is 0 Å². The Morgan fingerprint density at radius 1 is 0.476 bits per heavy atom. The van der Waals surface area contributed by atoms with E-state index in [2.05, 4.69) is 154 Å². The number of hydrogen-bond donors (Lipinski definition) is 0. The number of benzene rings is 9. The standard InChI is InChI=1S/C56H30N4OS2/c1-58-46-31-45(34-19-23-41-42-24-20-36(29-55(42)63-54(41)28-34)59-47-12-4-2-10-38(47)39-11-3-5-13-48(39)59)44(26-35(46)32-57)33-18-22-40-43-25-21-37(30-56(43)62-53(40)27-33)60-49-14-6-8-16-51(49)61-52-17-9-7-15-50(52)60/h2-31H. The van der Waals surface area contributed by atoms with E-state index in [0.29, 0.717) is 11.3 Å². The summed E-state index contributed by atoms with van der Waals surface area (Å²) >= 11 is 3.55. The topological polar surface area (TPSA) is 45.5 Å². The third-order valence-corrected chi connectivity index (χ3v) is 14.7. The van der Waals surface area contributed by atoms with E-state index in [0.717, 1.165) is 61.2 Å². The Bertz CT molecular complexity index is 3910. The first-order chi connectivity index (χ1) is 31.1. The Balaban J connectivity index is 0.921. The van der Waals surface area contributed by atoms with Crippen LogP contribution in [-0.2, 0) is 0 Å². The van der Waals surface area contributed by atoms with Gasteiger partial charge in [0.05, 0.1) is 40.6 Å². The molecule has 0 unspecified atom stereocenters. The van der Waals surface area contributed by atoms with E-state index in [1.54, 1.807) is 22.7 Å². The van der Waals surface area contributed by atoms with Crippen LogP contribution in [0.2, 0.25) is 0 Å². The summed E-state index contributed by atoms with van der Waals surface area (Å²) < 4.78 is 13.4. The van der Waals surface area contributed by atoms with Crippen LogP contribution in [0, 0.1) is 17.9 Å². The molecule has 4 heterocycles. The minimum Gasteiger partial charge on any atom is -0.453 e. The van der Waals surface area contributed by atoms with Crippen molar-refractivity contribution >= 4 is 108 Å². The number of aromatic nitrogens is 1. The second-order valence-electron chi connectivity index (χ2n) is 15.9. The molecule has 7 heteroatoms. The Morgan fingerprint density at radius 3 is 1.52 bits per heavy atom. The molecule has 0 atom stereocenters. The molecule has 3 aromatic heterocycles. The summed E-state index contributed by atoms with van der Waals surface area (Å²) in [5.74, 6) is 1.65. The van der Waals surface area contributed by atoms with Crippen molar-refractivity contribution in [2.24, 2.45) is 0 Å². The van der Waals surface area contributed by atoms with Gasteiger partial charge in [-0.05, 0) is 107 Å². The van der Waals surface area contributed by atoms with Gasteiger partial charge < -0.3 is 14.2 Å². The molecule has 292 valence electrons. The SMILES string of the molecule is [C-]#[N+]c1cc(-c2ccc3c(c2)sc2cc(-n4c5ccccc5c5ccccc54)ccc23)c(-c2ccc3c(c2)sc2cc(N4c5ccccc5Oc5ccccc54)ccc23)cc1C#N. The molecule has 0 fully saturated rings. The first-order valence-electron chi connectivity index (χ1n) is 20.7. The van der Waals surface area contributed by atoms with Crippen LogP contribution >= 0.6 is 22.7 Å². The Morgan fingerprint density at radius 2 is 0.952 bits per heavy atom. The number of rotatable bonds is 4. The van der Waals surface area contributed by atoms with E-state index in [4.69, 9.17) is 11.3 Å². The monoisotopic (exact) mass is 838 g/mol. The van der Waals surface area contributed by atoms with Gasteiger partial charge in [-0.1, -0.05) is 97.1 Å². The van der Waals surface area contributed by atoms with Crippen LogP contribution in [0.3, 0.4) is 0 Å². The second kappa shape index (κ2) is 13.7. The molecular formula is C56H30N4OS2. The van der Waals surface area contributed by atoms with E-state index in [1.165, 1.54) is 57.5 Å². The smallest absolute Gasteiger partial charge is 0.205 e. The molecule has 0 amide bonds. The van der Waals surface area contributed by atoms with Gasteiger partial charge in [0.25, 0.3) is 0 Å². The van der Waals surface area contributed by atoms with E-state index in [1.807, 2.05) is 48.5 Å². The molecule has 0 aliphatic carbocycles. The Kier molecular flexibility index (Phi) is 7.71. The maximum Gasteiger partial charge on any atom is 0.205 e. The molecule has 0 spiro atoms. The van der Waals surface area contributed by atoms with Gasteiger partial charge in [-0.25, -0.2) is 4.85 Å². The minimum absolute atomic E-state index is 0.352. The number of nitriles is 1. The predicted octanol–water partition coefficient (Wildman–Crippen LogP) is 16.9. The molecule has 0 N–H and O–H groups in total. The van der Waals surface area contributed by atoms with Crippen molar-refractivity contribution in [2.75, 3.05) is 4.90 Å². The third kappa shape index (κ3) is 5.38. The number of ether oxygens (including phenoxy) is 1. The van der Waals surface area contributed by atoms with E-state index in [9.17, 15) is 5.26 Å². The predicted molar refractivity (Wildman–Crippen MR) is 263 cm³/mol. The van der Waals surface area contributed by atoms with Crippen molar-refractivity contribution in [1.82, 2.24) is 4.57 Å². The lowest BCUT2D eigenvalue weighted by Gasteiger charge is -2.32. The molecule has 12 aromatic rings. The highest BCUT2D eigenvalue weighted by Crippen LogP contribution is 2.51. The van der Waals surface area contributed by atoms with Crippen molar-refractivity contribution in [1.29, 1.82) is 5.26 Å². The van der Waals surface area contributed by atoms with Gasteiger partial charge in [0, 0.05) is 62.5 Å². The molecular weight excluding hydrogens is 809 g/mol. The molecule has 0 saturated heterocycles. The molecule has 1 aliphatic rings. The average Bonchev–Trinajstić information content (AvgIpc) is 4.01. The van der Waals surface area contributed by atoms with Crippen LogP contribution in [-0.4, -0.2) is 4.57 Å². The summed E-state index contributed by atoms with van der Waals surface area (Å²) in [6.45, 7) is 8.01. The van der Waals surface area contributed by atoms with E-state index >= 15 is 0 Å². The maximum absolute atomic E-state index is 10.2. The molecule has 5 nitrogen and oxygen atoms in total. The number of para-hydroxylation sites is 6. The van der Waals surface area contributed by atoms with Crippen molar-refractivity contribution in [3.63, 3.8) is 0 Å². The van der Waals surface area contributed by atoms with Crippen LogP contribution in [0.1, 0.15) is 5.56 Å². The number of thiophene rings is 2. The van der Waals surface area contributed by atoms with Crippen molar-refractivity contribution < 1.29 is 4.74 Å². The number of fused-ring (bicyclic) bond motifs is 11. The van der Waals surface area contributed by atoms with Gasteiger partial charge in [0.1, 0.15) is 0 Å². The molecule has 0 radical (unpaired) electrons. The van der Waals surface area contributed by atoms with Gasteiger partial charge in [0.15, 0.2) is 11.5 Å². The first-order valence-corrected chi connectivity index (χ1v) is 22.3. The van der Waals surface area contributed by atoms with Crippen LogP contribution in [0.15, 0.2) is 182 Å². The lowest BCUT2D eigenvalue weighted by Crippen LogP contribution is -2.15. The van der Waals surface area contributed by atoms with Crippen molar-refractivity contribution in [3.8, 4) is 45.5 Å².